The smallest absolute Gasteiger partial charge is 0.256 e. The first-order chi connectivity index (χ1) is 14.1. The Morgan fingerprint density at radius 3 is 2.90 bits per heavy atom. The van der Waals surface area contributed by atoms with Crippen LogP contribution in [0.2, 0.25) is 0 Å². The lowest BCUT2D eigenvalue weighted by molar-refractivity contribution is 0.102. The van der Waals surface area contributed by atoms with Crippen LogP contribution < -0.4 is 5.32 Å². The largest absolute Gasteiger partial charge is 0.333 e. The predicted molar refractivity (Wildman–Crippen MR) is 111 cm³/mol. The van der Waals surface area contributed by atoms with Crippen molar-refractivity contribution in [2.45, 2.75) is 32.2 Å². The first-order valence-electron chi connectivity index (χ1n) is 9.79. The van der Waals surface area contributed by atoms with Crippen LogP contribution in [-0.4, -0.2) is 30.2 Å². The predicted octanol–water partition coefficient (Wildman–Crippen LogP) is 3.65. The molecule has 3 heterocycles. The summed E-state index contributed by atoms with van der Waals surface area (Å²) in [6.45, 7) is 2.63. The van der Waals surface area contributed by atoms with Crippen molar-refractivity contribution in [2.24, 2.45) is 7.05 Å². The number of carbonyl (C=O) groups is 1. The number of anilines is 1. The minimum atomic E-state index is -0.129. The van der Waals surface area contributed by atoms with E-state index in [4.69, 9.17) is 4.98 Å². The van der Waals surface area contributed by atoms with Gasteiger partial charge in [0.25, 0.3) is 5.91 Å². The first-order valence-corrected chi connectivity index (χ1v) is 9.79. The van der Waals surface area contributed by atoms with Crippen LogP contribution in [-0.2, 0) is 13.6 Å². The molecule has 29 heavy (non-hydrogen) atoms. The maximum atomic E-state index is 13.2. The molecule has 4 aromatic rings. The second-order valence-electron chi connectivity index (χ2n) is 7.67. The van der Waals surface area contributed by atoms with Gasteiger partial charge in [-0.1, -0.05) is 12.1 Å². The normalized spacial score (nSPS) is 13.7. The van der Waals surface area contributed by atoms with E-state index in [0.29, 0.717) is 18.0 Å². The highest BCUT2D eigenvalue weighted by Gasteiger charge is 2.28. The number of benzene rings is 1. The number of aryl methyl sites for hydroxylation is 2. The number of nitrogens with one attached hydrogen (secondary N) is 1. The van der Waals surface area contributed by atoms with E-state index in [2.05, 4.69) is 15.4 Å². The number of hydrogen-bond acceptors (Lipinski definition) is 4. The van der Waals surface area contributed by atoms with Gasteiger partial charge in [-0.15, -0.1) is 0 Å². The van der Waals surface area contributed by atoms with Crippen LogP contribution in [0.5, 0.6) is 0 Å². The third kappa shape index (κ3) is 3.40. The van der Waals surface area contributed by atoms with Crippen LogP contribution in [0.25, 0.3) is 11.0 Å². The highest BCUT2D eigenvalue weighted by molar-refractivity contribution is 6.12. The zero-order valence-corrected chi connectivity index (χ0v) is 16.5. The molecule has 3 aromatic heterocycles. The van der Waals surface area contributed by atoms with Crippen LogP contribution in [0.15, 0.2) is 49.1 Å². The summed E-state index contributed by atoms with van der Waals surface area (Å²) < 4.78 is 3.76. The first kappa shape index (κ1) is 17.6. The number of imidazole rings is 1. The standard InChI is InChI=1S/C22H22N6O/c1-14-20-18(11-19(16-6-7-16)25-21(20)27(2)26-14)22(29)24-17-5-3-4-15(10-17)12-28-9-8-23-13-28/h3-5,8-11,13,16H,6-7,12H2,1-2H3,(H,24,29). The number of pyridine rings is 1. The molecule has 0 atom stereocenters. The molecule has 1 saturated carbocycles. The van der Waals surface area contributed by atoms with Crippen LogP contribution in [0.4, 0.5) is 5.69 Å². The molecule has 5 rings (SSSR count). The maximum Gasteiger partial charge on any atom is 0.256 e. The third-order valence-electron chi connectivity index (χ3n) is 5.34. The minimum Gasteiger partial charge on any atom is -0.333 e. The summed E-state index contributed by atoms with van der Waals surface area (Å²) in [4.78, 5) is 22.1. The second-order valence-corrected chi connectivity index (χ2v) is 7.67. The Morgan fingerprint density at radius 1 is 1.28 bits per heavy atom. The third-order valence-corrected chi connectivity index (χ3v) is 5.34. The number of aromatic nitrogens is 5. The fraction of sp³-hybridized carbons (Fsp3) is 0.273. The number of fused-ring (bicyclic) bond motifs is 1. The zero-order chi connectivity index (χ0) is 20.0. The van der Waals surface area contributed by atoms with Gasteiger partial charge in [-0.25, -0.2) is 9.97 Å². The summed E-state index contributed by atoms with van der Waals surface area (Å²) in [5.41, 5.74) is 5.08. The van der Waals surface area contributed by atoms with Crippen LogP contribution in [0, 0.1) is 6.92 Å². The number of rotatable bonds is 5. The van der Waals surface area contributed by atoms with Gasteiger partial charge in [0.1, 0.15) is 0 Å². The molecule has 1 aliphatic carbocycles. The summed E-state index contributed by atoms with van der Waals surface area (Å²) >= 11 is 0. The molecule has 1 aromatic carbocycles. The van der Waals surface area contributed by atoms with Crippen molar-refractivity contribution in [3.63, 3.8) is 0 Å². The Balaban J connectivity index is 1.47. The summed E-state index contributed by atoms with van der Waals surface area (Å²) in [6, 6.07) is 9.84. The van der Waals surface area contributed by atoms with Gasteiger partial charge in [0, 0.05) is 43.3 Å². The van der Waals surface area contributed by atoms with E-state index < -0.39 is 0 Å². The van der Waals surface area contributed by atoms with E-state index in [0.717, 1.165) is 46.5 Å². The molecule has 0 aliphatic heterocycles. The molecular formula is C22H22N6O. The molecule has 0 spiro atoms. The molecule has 7 nitrogen and oxygen atoms in total. The lowest BCUT2D eigenvalue weighted by Crippen LogP contribution is -2.14. The van der Waals surface area contributed by atoms with Crippen molar-refractivity contribution >= 4 is 22.6 Å². The quantitative estimate of drug-likeness (QED) is 0.568. The topological polar surface area (TPSA) is 77.6 Å². The number of amides is 1. The molecule has 7 heteroatoms. The average Bonchev–Trinajstić information content (AvgIpc) is 3.36. The Labute approximate surface area is 168 Å². The second kappa shape index (κ2) is 6.84. The zero-order valence-electron chi connectivity index (χ0n) is 16.5. The number of hydrogen-bond donors (Lipinski definition) is 1. The van der Waals surface area contributed by atoms with Gasteiger partial charge < -0.3 is 9.88 Å². The maximum absolute atomic E-state index is 13.2. The summed E-state index contributed by atoms with van der Waals surface area (Å²) in [6.07, 6.45) is 7.72. The van der Waals surface area contributed by atoms with E-state index >= 15 is 0 Å². The van der Waals surface area contributed by atoms with E-state index in [9.17, 15) is 4.79 Å². The Hall–Kier alpha value is -3.48. The summed E-state index contributed by atoms with van der Waals surface area (Å²) in [5.74, 6) is 0.329. The van der Waals surface area contributed by atoms with Gasteiger partial charge in [0.2, 0.25) is 0 Å². The molecule has 0 saturated heterocycles. The van der Waals surface area contributed by atoms with Crippen molar-refractivity contribution in [3.8, 4) is 0 Å². The molecule has 146 valence electrons. The van der Waals surface area contributed by atoms with E-state index in [1.54, 1.807) is 17.2 Å². The molecule has 1 fully saturated rings. The van der Waals surface area contributed by atoms with Gasteiger partial charge in [0.05, 0.1) is 23.0 Å². The van der Waals surface area contributed by atoms with Crippen LogP contribution in [0.3, 0.4) is 0 Å². The molecule has 1 amide bonds. The average molecular weight is 386 g/mol. The molecule has 1 N–H and O–H groups in total. The fourth-order valence-corrected chi connectivity index (χ4v) is 3.77. The molecule has 0 unspecified atom stereocenters. The van der Waals surface area contributed by atoms with Crippen molar-refractivity contribution in [1.82, 2.24) is 24.3 Å². The molecule has 0 bridgehead atoms. The van der Waals surface area contributed by atoms with Crippen molar-refractivity contribution in [1.29, 1.82) is 0 Å². The van der Waals surface area contributed by atoms with E-state index in [-0.39, 0.29) is 5.91 Å². The van der Waals surface area contributed by atoms with Gasteiger partial charge in [-0.2, -0.15) is 5.10 Å². The molecule has 0 radical (unpaired) electrons. The molecule has 1 aliphatic rings. The Morgan fingerprint density at radius 2 is 2.14 bits per heavy atom. The van der Waals surface area contributed by atoms with Gasteiger partial charge in [-0.05, 0) is 43.5 Å². The Bertz CT molecular complexity index is 1200. The van der Waals surface area contributed by atoms with E-state index in [1.807, 2.05) is 55.1 Å². The van der Waals surface area contributed by atoms with E-state index in [1.165, 1.54) is 0 Å². The van der Waals surface area contributed by atoms with Crippen molar-refractivity contribution in [3.05, 3.63) is 71.6 Å². The highest BCUT2D eigenvalue weighted by Crippen LogP contribution is 2.40. The summed E-state index contributed by atoms with van der Waals surface area (Å²) in [7, 11) is 1.88. The van der Waals surface area contributed by atoms with Crippen molar-refractivity contribution in [2.75, 3.05) is 5.32 Å². The lowest BCUT2D eigenvalue weighted by Gasteiger charge is -2.10. The minimum absolute atomic E-state index is 0.129. The number of carbonyl (C=O) groups excluding carboxylic acids is 1. The van der Waals surface area contributed by atoms with Crippen molar-refractivity contribution < 1.29 is 4.79 Å². The van der Waals surface area contributed by atoms with Gasteiger partial charge in [0.15, 0.2) is 5.65 Å². The Kier molecular flexibility index (Phi) is 4.16. The van der Waals surface area contributed by atoms with Gasteiger partial charge in [-0.3, -0.25) is 9.48 Å². The number of nitrogens with zero attached hydrogens (tertiary/aromatic N) is 5. The van der Waals surface area contributed by atoms with Crippen LogP contribution >= 0.6 is 0 Å². The molecular weight excluding hydrogens is 364 g/mol. The fourth-order valence-electron chi connectivity index (χ4n) is 3.77. The SMILES string of the molecule is Cc1nn(C)c2nc(C3CC3)cc(C(=O)Nc3cccc(Cn4ccnc4)c3)c12. The summed E-state index contributed by atoms with van der Waals surface area (Å²) in [5, 5.41) is 8.37. The lowest BCUT2D eigenvalue weighted by atomic mass is 10.1. The monoisotopic (exact) mass is 386 g/mol. The highest BCUT2D eigenvalue weighted by atomic mass is 16.1. The van der Waals surface area contributed by atoms with Crippen LogP contribution in [0.1, 0.15) is 46.1 Å². The van der Waals surface area contributed by atoms with Gasteiger partial charge >= 0.3 is 0 Å².